The number of rotatable bonds is 5. The first-order chi connectivity index (χ1) is 15.6. The molecular formula is C27H30N2O3. The van der Waals surface area contributed by atoms with Crippen molar-refractivity contribution in [1.29, 1.82) is 0 Å². The molecule has 2 saturated heterocycles. The summed E-state index contributed by atoms with van der Waals surface area (Å²) < 4.78 is 11.2. The second-order valence-corrected chi connectivity index (χ2v) is 8.94. The van der Waals surface area contributed by atoms with Crippen molar-refractivity contribution < 1.29 is 14.3 Å². The third-order valence-electron chi connectivity index (χ3n) is 6.38. The van der Waals surface area contributed by atoms with Crippen LogP contribution >= 0.6 is 0 Å². The van der Waals surface area contributed by atoms with Crippen molar-refractivity contribution in [3.8, 4) is 16.9 Å². The van der Waals surface area contributed by atoms with Crippen molar-refractivity contribution in [1.82, 2.24) is 9.80 Å². The molecule has 2 heterocycles. The predicted octanol–water partition coefficient (Wildman–Crippen LogP) is 4.45. The van der Waals surface area contributed by atoms with Gasteiger partial charge in [0.25, 0.3) is 5.91 Å². The molecule has 0 atom stereocenters. The molecule has 5 heteroatoms. The average Bonchev–Trinajstić information content (AvgIpc) is 2.78. The van der Waals surface area contributed by atoms with Crippen LogP contribution in [0.1, 0.15) is 24.2 Å². The third kappa shape index (κ3) is 4.23. The van der Waals surface area contributed by atoms with E-state index in [9.17, 15) is 4.79 Å². The quantitative estimate of drug-likeness (QED) is 0.600. The molecule has 0 aliphatic carbocycles. The summed E-state index contributed by atoms with van der Waals surface area (Å²) in [5.41, 5.74) is 3.06. The topological polar surface area (TPSA) is 42.0 Å². The van der Waals surface area contributed by atoms with E-state index in [0.717, 1.165) is 72.6 Å². The number of carbonyl (C=O) groups excluding carboxylic acids is 1. The second-order valence-electron chi connectivity index (χ2n) is 8.94. The molecular weight excluding hydrogens is 400 g/mol. The first-order valence-electron chi connectivity index (χ1n) is 11.5. The highest BCUT2D eigenvalue weighted by Gasteiger charge is 2.35. The molecule has 5 rings (SSSR count). The fourth-order valence-electron chi connectivity index (χ4n) is 4.63. The lowest BCUT2D eigenvalue weighted by molar-refractivity contribution is -0.0256. The summed E-state index contributed by atoms with van der Waals surface area (Å²) >= 11 is 0. The molecule has 32 heavy (non-hydrogen) atoms. The summed E-state index contributed by atoms with van der Waals surface area (Å²) in [6, 6.07) is 21.0. The van der Waals surface area contributed by atoms with E-state index < -0.39 is 0 Å². The van der Waals surface area contributed by atoms with Gasteiger partial charge in [-0.05, 0) is 60.0 Å². The zero-order valence-electron chi connectivity index (χ0n) is 18.8. The van der Waals surface area contributed by atoms with Gasteiger partial charge in [-0.3, -0.25) is 9.69 Å². The highest BCUT2D eigenvalue weighted by Crippen LogP contribution is 2.31. The van der Waals surface area contributed by atoms with Crippen LogP contribution in [0.25, 0.3) is 21.9 Å². The lowest BCUT2D eigenvalue weighted by Crippen LogP contribution is -2.62. The number of fused-ring (bicyclic) bond motifs is 1. The van der Waals surface area contributed by atoms with Gasteiger partial charge in [0, 0.05) is 37.8 Å². The minimum atomic E-state index is 0.122. The maximum Gasteiger partial charge on any atom is 0.253 e. The maximum atomic E-state index is 13.0. The van der Waals surface area contributed by atoms with Crippen LogP contribution in [0.3, 0.4) is 0 Å². The number of likely N-dealkylation sites (tertiary alicyclic amines) is 1. The lowest BCUT2D eigenvalue weighted by Gasteiger charge is -2.46. The normalized spacial score (nSPS) is 17.5. The van der Waals surface area contributed by atoms with Gasteiger partial charge in [0.15, 0.2) is 0 Å². The molecule has 2 aliphatic rings. The van der Waals surface area contributed by atoms with Gasteiger partial charge < -0.3 is 14.4 Å². The minimum Gasteiger partial charge on any atom is -0.491 e. The van der Waals surface area contributed by atoms with Crippen molar-refractivity contribution in [2.45, 2.75) is 26.0 Å². The van der Waals surface area contributed by atoms with Crippen LogP contribution in [0.4, 0.5) is 0 Å². The Morgan fingerprint density at radius 3 is 2.47 bits per heavy atom. The summed E-state index contributed by atoms with van der Waals surface area (Å²) in [5.74, 6) is 0.999. The molecule has 0 radical (unpaired) electrons. The molecule has 0 unspecified atom stereocenters. The molecule has 0 saturated carbocycles. The van der Waals surface area contributed by atoms with Gasteiger partial charge in [0.05, 0.1) is 19.3 Å². The van der Waals surface area contributed by atoms with Crippen molar-refractivity contribution in [2.24, 2.45) is 0 Å². The number of ether oxygens (including phenoxy) is 2. The van der Waals surface area contributed by atoms with Crippen molar-refractivity contribution in [2.75, 3.05) is 39.4 Å². The standard InChI is InChI=1S/C27H30N2O3/c1-19(2)32-24-9-6-20(7-10-24)25-5-3-4-21-16-22(8-11-26(21)25)27(30)29-17-23(18-29)28-12-14-31-15-13-28/h3-11,16,19,23H,12-15,17-18H2,1-2H3. The van der Waals surface area contributed by atoms with Gasteiger partial charge >= 0.3 is 0 Å². The number of hydrogen-bond acceptors (Lipinski definition) is 4. The van der Waals surface area contributed by atoms with Crippen LogP contribution in [0.2, 0.25) is 0 Å². The van der Waals surface area contributed by atoms with E-state index in [1.165, 1.54) is 0 Å². The van der Waals surface area contributed by atoms with E-state index in [-0.39, 0.29) is 12.0 Å². The molecule has 2 fully saturated rings. The largest absolute Gasteiger partial charge is 0.491 e. The maximum absolute atomic E-state index is 13.0. The van der Waals surface area contributed by atoms with E-state index in [2.05, 4.69) is 41.3 Å². The Balaban J connectivity index is 1.32. The van der Waals surface area contributed by atoms with Crippen molar-refractivity contribution >= 4 is 16.7 Å². The van der Waals surface area contributed by atoms with Crippen LogP contribution in [-0.4, -0.2) is 67.2 Å². The second kappa shape index (κ2) is 8.93. The molecule has 1 amide bonds. The Labute approximate surface area is 189 Å². The van der Waals surface area contributed by atoms with Gasteiger partial charge in [-0.1, -0.05) is 36.4 Å². The Hall–Kier alpha value is -2.89. The summed E-state index contributed by atoms with van der Waals surface area (Å²) in [6.45, 7) is 9.20. The van der Waals surface area contributed by atoms with Crippen LogP contribution in [-0.2, 0) is 4.74 Å². The van der Waals surface area contributed by atoms with Gasteiger partial charge in [0.2, 0.25) is 0 Å². The third-order valence-corrected chi connectivity index (χ3v) is 6.38. The number of carbonyl (C=O) groups is 1. The van der Waals surface area contributed by atoms with E-state index in [1.807, 2.05) is 43.0 Å². The smallest absolute Gasteiger partial charge is 0.253 e. The number of morpholine rings is 1. The zero-order valence-corrected chi connectivity index (χ0v) is 18.8. The minimum absolute atomic E-state index is 0.122. The molecule has 3 aromatic carbocycles. The summed E-state index contributed by atoms with van der Waals surface area (Å²) in [4.78, 5) is 17.4. The van der Waals surface area contributed by atoms with Gasteiger partial charge in [-0.2, -0.15) is 0 Å². The predicted molar refractivity (Wildman–Crippen MR) is 127 cm³/mol. The molecule has 2 aliphatic heterocycles. The molecule has 0 spiro atoms. The van der Waals surface area contributed by atoms with E-state index in [1.54, 1.807) is 0 Å². The van der Waals surface area contributed by atoms with E-state index in [4.69, 9.17) is 9.47 Å². The van der Waals surface area contributed by atoms with Crippen LogP contribution < -0.4 is 4.74 Å². The van der Waals surface area contributed by atoms with Gasteiger partial charge in [-0.15, -0.1) is 0 Å². The SMILES string of the molecule is CC(C)Oc1ccc(-c2cccc3cc(C(=O)N4CC(N5CCOCC5)C4)ccc23)cc1. The summed E-state index contributed by atoms with van der Waals surface area (Å²) in [7, 11) is 0. The first-order valence-corrected chi connectivity index (χ1v) is 11.5. The Morgan fingerprint density at radius 2 is 1.75 bits per heavy atom. The first kappa shape index (κ1) is 21.0. The summed E-state index contributed by atoms with van der Waals surface area (Å²) in [5, 5.41) is 2.23. The fraction of sp³-hybridized carbons (Fsp3) is 0.370. The van der Waals surface area contributed by atoms with Crippen LogP contribution in [0.5, 0.6) is 5.75 Å². The lowest BCUT2D eigenvalue weighted by atomic mass is 9.96. The van der Waals surface area contributed by atoms with E-state index >= 15 is 0 Å². The van der Waals surface area contributed by atoms with Gasteiger partial charge in [0.1, 0.15) is 5.75 Å². The Kier molecular flexibility index (Phi) is 5.85. The van der Waals surface area contributed by atoms with E-state index in [0.29, 0.717) is 6.04 Å². The molecule has 0 aromatic heterocycles. The molecule has 5 nitrogen and oxygen atoms in total. The number of benzene rings is 3. The molecule has 0 bridgehead atoms. The zero-order chi connectivity index (χ0) is 22.1. The van der Waals surface area contributed by atoms with Gasteiger partial charge in [-0.25, -0.2) is 0 Å². The Bertz CT molecular complexity index is 1100. The molecule has 3 aromatic rings. The summed E-state index contributed by atoms with van der Waals surface area (Å²) in [6.07, 6.45) is 0.157. The number of nitrogens with zero attached hydrogens (tertiary/aromatic N) is 2. The Morgan fingerprint density at radius 1 is 1.00 bits per heavy atom. The molecule has 0 N–H and O–H groups in total. The molecule has 166 valence electrons. The van der Waals surface area contributed by atoms with Crippen molar-refractivity contribution in [3.63, 3.8) is 0 Å². The number of amides is 1. The van der Waals surface area contributed by atoms with Crippen molar-refractivity contribution in [3.05, 3.63) is 66.2 Å². The fourth-order valence-corrected chi connectivity index (χ4v) is 4.63. The van der Waals surface area contributed by atoms with Crippen LogP contribution in [0.15, 0.2) is 60.7 Å². The highest BCUT2D eigenvalue weighted by molar-refractivity contribution is 6.03. The van der Waals surface area contributed by atoms with Crippen LogP contribution in [0, 0.1) is 0 Å². The average molecular weight is 431 g/mol. The monoisotopic (exact) mass is 430 g/mol. The number of hydrogen-bond donors (Lipinski definition) is 0. The highest BCUT2D eigenvalue weighted by atomic mass is 16.5.